The van der Waals surface area contributed by atoms with Gasteiger partial charge in [-0.1, -0.05) is 12.2 Å². The van der Waals surface area contributed by atoms with Crippen molar-refractivity contribution < 1.29 is 9.90 Å². The van der Waals surface area contributed by atoms with E-state index in [9.17, 15) is 4.79 Å². The fraction of sp³-hybridized carbons (Fsp3) is 0.545. The van der Waals surface area contributed by atoms with Crippen LogP contribution in [0.3, 0.4) is 0 Å². The van der Waals surface area contributed by atoms with Gasteiger partial charge in [0.1, 0.15) is 0 Å². The van der Waals surface area contributed by atoms with Crippen LogP contribution in [0.5, 0.6) is 0 Å². The first kappa shape index (κ1) is 12.7. The number of alkyl halides is 1. The molecule has 0 saturated heterocycles. The van der Waals surface area contributed by atoms with Gasteiger partial charge in [0.15, 0.2) is 0 Å². The molecule has 86 valence electrons. The molecule has 2 nitrogen and oxygen atoms in total. The van der Waals surface area contributed by atoms with Crippen LogP contribution in [0.2, 0.25) is 0 Å². The molecule has 15 heavy (non-hydrogen) atoms. The van der Waals surface area contributed by atoms with Gasteiger partial charge in [0.05, 0.1) is 0 Å². The largest absolute Gasteiger partial charge is 0.481 e. The van der Waals surface area contributed by atoms with E-state index in [0.29, 0.717) is 11.1 Å². The summed E-state index contributed by atoms with van der Waals surface area (Å²) in [5.74, 6) is -0.0389. The van der Waals surface area contributed by atoms with E-state index < -0.39 is 5.97 Å². The molecule has 1 unspecified atom stereocenters. The van der Waals surface area contributed by atoms with E-state index in [4.69, 9.17) is 16.7 Å². The topological polar surface area (TPSA) is 37.3 Å². The summed E-state index contributed by atoms with van der Waals surface area (Å²) in [5, 5.41) is 13.6. The van der Waals surface area contributed by atoms with E-state index in [1.165, 1.54) is 0 Å². The minimum absolute atomic E-state index is 0.184. The molecule has 0 bridgehead atoms. The van der Waals surface area contributed by atoms with Crippen molar-refractivity contribution in [1.82, 2.24) is 0 Å². The number of aliphatic carboxylic acids is 1. The van der Waals surface area contributed by atoms with Gasteiger partial charge in [-0.2, -0.15) is 0 Å². The SMILES string of the molecule is O=C(O)CCCC(CCCl)[SH]1C=CC=C1. The highest BCUT2D eigenvalue weighted by atomic mass is 35.5. The summed E-state index contributed by atoms with van der Waals surface area (Å²) < 4.78 is 0. The third kappa shape index (κ3) is 4.76. The Morgan fingerprint density at radius 1 is 1.33 bits per heavy atom. The number of hydrogen-bond acceptors (Lipinski definition) is 1. The Bertz CT molecular complexity index is 251. The molecule has 1 heterocycles. The second-order valence-corrected chi connectivity index (χ2v) is 6.15. The van der Waals surface area contributed by atoms with Crippen molar-refractivity contribution in [3.8, 4) is 0 Å². The molecule has 4 heteroatoms. The minimum atomic E-state index is -0.704. The van der Waals surface area contributed by atoms with Crippen LogP contribution in [0.25, 0.3) is 0 Å². The fourth-order valence-corrected chi connectivity index (χ4v) is 4.15. The van der Waals surface area contributed by atoms with Gasteiger partial charge in [0, 0.05) is 12.3 Å². The lowest BCUT2D eigenvalue weighted by Crippen LogP contribution is -2.08. The van der Waals surface area contributed by atoms with Crippen molar-refractivity contribution in [2.24, 2.45) is 0 Å². The Morgan fingerprint density at radius 3 is 2.53 bits per heavy atom. The summed E-state index contributed by atoms with van der Waals surface area (Å²) in [6, 6.07) is 0. The van der Waals surface area contributed by atoms with Gasteiger partial charge in [-0.3, -0.25) is 4.79 Å². The van der Waals surface area contributed by atoms with Crippen LogP contribution >= 0.6 is 22.5 Å². The van der Waals surface area contributed by atoms with Crippen molar-refractivity contribution in [2.45, 2.75) is 30.9 Å². The van der Waals surface area contributed by atoms with Crippen LogP contribution in [0.15, 0.2) is 23.0 Å². The summed E-state index contributed by atoms with van der Waals surface area (Å²) in [7, 11) is -0.184. The lowest BCUT2D eigenvalue weighted by atomic mass is 10.1. The van der Waals surface area contributed by atoms with Gasteiger partial charge in [0.2, 0.25) is 0 Å². The Morgan fingerprint density at radius 2 is 2.00 bits per heavy atom. The third-order valence-corrected chi connectivity index (χ3v) is 5.03. The van der Waals surface area contributed by atoms with Crippen LogP contribution in [-0.2, 0) is 4.79 Å². The summed E-state index contributed by atoms with van der Waals surface area (Å²) in [6.45, 7) is 0. The number of thiol groups is 1. The fourth-order valence-electron chi connectivity index (χ4n) is 1.65. The number of allylic oxidation sites excluding steroid dienone is 2. The van der Waals surface area contributed by atoms with Gasteiger partial charge < -0.3 is 5.11 Å². The standard InChI is InChI=1S/C11H17ClO2S/c12-7-6-10(4-3-5-11(13)14)15-8-1-2-9-15/h1-2,8-10,15H,3-7H2,(H,13,14). The van der Waals surface area contributed by atoms with Crippen LogP contribution in [0.4, 0.5) is 0 Å². The Hall–Kier alpha value is -0.410. The average Bonchev–Trinajstić information content (AvgIpc) is 2.68. The zero-order chi connectivity index (χ0) is 11.1. The maximum Gasteiger partial charge on any atom is 0.303 e. The highest BCUT2D eigenvalue weighted by Crippen LogP contribution is 2.42. The first-order valence-electron chi connectivity index (χ1n) is 5.14. The highest BCUT2D eigenvalue weighted by Gasteiger charge is 2.15. The smallest absolute Gasteiger partial charge is 0.303 e. The van der Waals surface area contributed by atoms with E-state index in [-0.39, 0.29) is 17.3 Å². The molecule has 1 N–H and O–H groups in total. The molecule has 1 rings (SSSR count). The van der Waals surface area contributed by atoms with Crippen LogP contribution in [-0.4, -0.2) is 22.2 Å². The van der Waals surface area contributed by atoms with Crippen LogP contribution in [0.1, 0.15) is 25.7 Å². The molecule has 0 aromatic rings. The zero-order valence-corrected chi connectivity index (χ0v) is 10.3. The summed E-state index contributed by atoms with van der Waals surface area (Å²) >= 11 is 5.76. The Labute approximate surface area is 98.4 Å². The van der Waals surface area contributed by atoms with Crippen molar-refractivity contribution in [1.29, 1.82) is 0 Å². The molecular weight excluding hydrogens is 232 g/mol. The number of halogens is 1. The second kappa shape index (κ2) is 6.96. The van der Waals surface area contributed by atoms with E-state index in [1.54, 1.807) is 0 Å². The van der Waals surface area contributed by atoms with Crippen molar-refractivity contribution >= 4 is 28.5 Å². The summed E-state index contributed by atoms with van der Waals surface area (Å²) in [4.78, 5) is 10.4. The lowest BCUT2D eigenvalue weighted by Gasteiger charge is -2.23. The molecule has 1 atom stereocenters. The molecular formula is C11H17ClO2S. The van der Waals surface area contributed by atoms with Gasteiger partial charge in [-0.15, -0.1) is 11.6 Å². The van der Waals surface area contributed by atoms with E-state index >= 15 is 0 Å². The molecule has 0 amide bonds. The third-order valence-electron chi connectivity index (χ3n) is 2.42. The van der Waals surface area contributed by atoms with E-state index in [1.807, 2.05) is 0 Å². The molecule has 0 fully saturated rings. The van der Waals surface area contributed by atoms with Crippen LogP contribution in [0, 0.1) is 0 Å². The van der Waals surface area contributed by atoms with Crippen molar-refractivity contribution in [2.75, 3.05) is 5.88 Å². The highest BCUT2D eigenvalue weighted by molar-refractivity contribution is 8.22. The average molecular weight is 249 g/mol. The number of rotatable bonds is 7. The van der Waals surface area contributed by atoms with Crippen LogP contribution < -0.4 is 0 Å². The Balaban J connectivity index is 2.33. The second-order valence-electron chi connectivity index (χ2n) is 3.55. The molecule has 1 aliphatic rings. The number of carbonyl (C=O) groups is 1. The Kier molecular flexibility index (Phi) is 5.88. The molecule has 0 aromatic heterocycles. The number of carboxylic acid groups (broad SMARTS) is 1. The summed E-state index contributed by atoms with van der Waals surface area (Å²) in [5.41, 5.74) is 0. The molecule has 0 spiro atoms. The quantitative estimate of drug-likeness (QED) is 0.536. The lowest BCUT2D eigenvalue weighted by molar-refractivity contribution is -0.137. The first-order chi connectivity index (χ1) is 7.24. The van der Waals surface area contributed by atoms with Gasteiger partial charge in [-0.25, -0.2) is 10.9 Å². The number of carboxylic acids is 1. The maximum absolute atomic E-state index is 10.4. The zero-order valence-electron chi connectivity index (χ0n) is 8.60. The normalized spacial score (nSPS) is 18.3. The maximum atomic E-state index is 10.4. The van der Waals surface area contributed by atoms with E-state index in [2.05, 4.69) is 23.0 Å². The predicted molar refractivity (Wildman–Crippen MR) is 67.9 cm³/mol. The van der Waals surface area contributed by atoms with Gasteiger partial charge >= 0.3 is 5.97 Å². The first-order valence-corrected chi connectivity index (χ1v) is 7.22. The molecule has 1 aliphatic heterocycles. The van der Waals surface area contributed by atoms with Crippen molar-refractivity contribution in [3.05, 3.63) is 23.0 Å². The van der Waals surface area contributed by atoms with E-state index in [0.717, 1.165) is 19.3 Å². The van der Waals surface area contributed by atoms with Gasteiger partial charge in [0.25, 0.3) is 0 Å². The monoisotopic (exact) mass is 248 g/mol. The molecule has 0 saturated carbocycles. The molecule has 0 radical (unpaired) electrons. The predicted octanol–water partition coefficient (Wildman–Crippen LogP) is 3.28. The summed E-state index contributed by atoms with van der Waals surface area (Å²) in [6.07, 6.45) is 7.14. The minimum Gasteiger partial charge on any atom is -0.481 e. The molecule has 0 aromatic carbocycles. The molecule has 0 aliphatic carbocycles. The van der Waals surface area contributed by atoms with Crippen molar-refractivity contribution in [3.63, 3.8) is 0 Å². The van der Waals surface area contributed by atoms with Gasteiger partial charge in [-0.05, 0) is 35.3 Å². The number of hydrogen-bond donors (Lipinski definition) is 2.